The number of benzene rings is 6. The van der Waals surface area contributed by atoms with Crippen LogP contribution in [0.5, 0.6) is 0 Å². The van der Waals surface area contributed by atoms with E-state index in [2.05, 4.69) is 42.5 Å². The second kappa shape index (κ2) is 9.01. The van der Waals surface area contributed by atoms with Crippen LogP contribution in [-0.4, -0.2) is 15.0 Å². The molecular formula is C35H20ClN3O. The molecule has 8 aromatic rings. The van der Waals surface area contributed by atoms with Gasteiger partial charge in [-0.3, -0.25) is 0 Å². The minimum absolute atomic E-state index is 0.571. The van der Waals surface area contributed by atoms with E-state index >= 15 is 0 Å². The van der Waals surface area contributed by atoms with Crippen molar-refractivity contribution in [2.45, 2.75) is 0 Å². The molecule has 2 heterocycles. The standard InChI is InChI=1S/C35H20ClN3O/c36-31-26-15-7-6-14-25(26)30(29-27-16-8-9-17-28(27)40-32(29)31)35-38-33(22-11-2-1-3-12-22)37-34(39-35)24-19-18-21-10-4-5-13-23(21)20-24/h1-20H. The van der Waals surface area contributed by atoms with Gasteiger partial charge in [0.25, 0.3) is 0 Å². The van der Waals surface area contributed by atoms with Crippen LogP contribution in [0.25, 0.3) is 77.6 Å². The van der Waals surface area contributed by atoms with Gasteiger partial charge >= 0.3 is 0 Å². The number of aromatic nitrogens is 3. The summed E-state index contributed by atoms with van der Waals surface area (Å²) in [7, 11) is 0. The summed E-state index contributed by atoms with van der Waals surface area (Å²) >= 11 is 6.97. The highest BCUT2D eigenvalue weighted by Gasteiger charge is 2.23. The number of nitrogens with zero attached hydrogens (tertiary/aromatic N) is 3. The van der Waals surface area contributed by atoms with Crippen LogP contribution < -0.4 is 0 Å². The van der Waals surface area contributed by atoms with Crippen LogP contribution in [0.1, 0.15) is 0 Å². The number of hydrogen-bond acceptors (Lipinski definition) is 4. The average molecular weight is 534 g/mol. The van der Waals surface area contributed by atoms with E-state index in [0.717, 1.165) is 49.2 Å². The molecule has 8 rings (SSSR count). The van der Waals surface area contributed by atoms with E-state index in [4.69, 9.17) is 31.0 Å². The third-order valence-corrected chi connectivity index (χ3v) is 7.75. The molecule has 0 aliphatic heterocycles. The summed E-state index contributed by atoms with van der Waals surface area (Å²) in [6, 6.07) is 40.7. The number of hydrogen-bond donors (Lipinski definition) is 0. The van der Waals surface area contributed by atoms with Crippen LogP contribution >= 0.6 is 11.6 Å². The van der Waals surface area contributed by atoms with Crippen LogP contribution in [0.2, 0.25) is 5.02 Å². The van der Waals surface area contributed by atoms with E-state index in [1.54, 1.807) is 0 Å². The molecule has 4 nitrogen and oxygen atoms in total. The van der Waals surface area contributed by atoms with Crippen molar-refractivity contribution in [1.82, 2.24) is 15.0 Å². The van der Waals surface area contributed by atoms with Gasteiger partial charge in [-0.1, -0.05) is 121 Å². The fourth-order valence-electron chi connectivity index (χ4n) is 5.49. The molecule has 188 valence electrons. The van der Waals surface area contributed by atoms with E-state index in [0.29, 0.717) is 28.1 Å². The van der Waals surface area contributed by atoms with Gasteiger partial charge in [0.1, 0.15) is 5.58 Å². The zero-order valence-corrected chi connectivity index (χ0v) is 21.9. The van der Waals surface area contributed by atoms with Crippen molar-refractivity contribution in [3.63, 3.8) is 0 Å². The van der Waals surface area contributed by atoms with Gasteiger partial charge in [-0.15, -0.1) is 0 Å². The molecular weight excluding hydrogens is 514 g/mol. The molecule has 0 aliphatic rings. The second-order valence-electron chi connectivity index (χ2n) is 9.77. The van der Waals surface area contributed by atoms with Gasteiger partial charge in [0, 0.05) is 32.8 Å². The molecule has 0 spiro atoms. The van der Waals surface area contributed by atoms with Crippen molar-refractivity contribution < 1.29 is 4.42 Å². The Bertz CT molecular complexity index is 2240. The maximum Gasteiger partial charge on any atom is 0.165 e. The number of halogens is 1. The first-order valence-corrected chi connectivity index (χ1v) is 13.4. The van der Waals surface area contributed by atoms with Crippen LogP contribution in [0, 0.1) is 0 Å². The van der Waals surface area contributed by atoms with Gasteiger partial charge in [0.2, 0.25) is 0 Å². The molecule has 2 aromatic heterocycles. The van der Waals surface area contributed by atoms with Crippen molar-refractivity contribution in [2.75, 3.05) is 0 Å². The Morgan fingerprint density at radius 1 is 0.500 bits per heavy atom. The molecule has 0 saturated heterocycles. The summed E-state index contributed by atoms with van der Waals surface area (Å²) in [4.78, 5) is 15.1. The van der Waals surface area contributed by atoms with E-state index in [-0.39, 0.29) is 0 Å². The van der Waals surface area contributed by atoms with E-state index in [1.165, 1.54) is 5.39 Å². The largest absolute Gasteiger partial charge is 0.454 e. The van der Waals surface area contributed by atoms with Gasteiger partial charge in [0.05, 0.1) is 5.02 Å². The summed E-state index contributed by atoms with van der Waals surface area (Å²) in [5, 5.41) is 6.59. The number of fused-ring (bicyclic) bond motifs is 5. The smallest absolute Gasteiger partial charge is 0.165 e. The second-order valence-corrected chi connectivity index (χ2v) is 10.1. The quantitative estimate of drug-likeness (QED) is 0.227. The van der Waals surface area contributed by atoms with Gasteiger partial charge in [-0.05, 0) is 28.3 Å². The normalized spacial score (nSPS) is 11.6. The molecule has 0 fully saturated rings. The van der Waals surface area contributed by atoms with Crippen molar-refractivity contribution in [2.24, 2.45) is 0 Å². The predicted molar refractivity (Wildman–Crippen MR) is 163 cm³/mol. The summed E-state index contributed by atoms with van der Waals surface area (Å²) in [6.45, 7) is 0. The summed E-state index contributed by atoms with van der Waals surface area (Å²) in [6.07, 6.45) is 0. The molecule has 40 heavy (non-hydrogen) atoms. The maximum absolute atomic E-state index is 6.97. The Morgan fingerprint density at radius 2 is 1.12 bits per heavy atom. The minimum Gasteiger partial charge on any atom is -0.454 e. The lowest BCUT2D eigenvalue weighted by molar-refractivity contribution is 0.669. The number of para-hydroxylation sites is 1. The molecule has 0 unspecified atom stereocenters. The fourth-order valence-corrected chi connectivity index (χ4v) is 5.79. The highest BCUT2D eigenvalue weighted by Crippen LogP contribution is 2.45. The first-order chi connectivity index (χ1) is 19.7. The lowest BCUT2D eigenvalue weighted by Crippen LogP contribution is -2.01. The summed E-state index contributed by atoms with van der Waals surface area (Å²) in [5.41, 5.74) is 4.11. The van der Waals surface area contributed by atoms with E-state index in [1.807, 2.05) is 78.9 Å². The Labute approximate surface area is 234 Å². The van der Waals surface area contributed by atoms with Crippen LogP contribution in [0.3, 0.4) is 0 Å². The van der Waals surface area contributed by atoms with Gasteiger partial charge in [-0.2, -0.15) is 0 Å². The van der Waals surface area contributed by atoms with E-state index in [9.17, 15) is 0 Å². The lowest BCUT2D eigenvalue weighted by atomic mass is 9.97. The van der Waals surface area contributed by atoms with Crippen LogP contribution in [0.4, 0.5) is 0 Å². The van der Waals surface area contributed by atoms with Crippen molar-refractivity contribution in [3.8, 4) is 34.2 Å². The highest BCUT2D eigenvalue weighted by molar-refractivity contribution is 6.42. The molecule has 0 amide bonds. The van der Waals surface area contributed by atoms with E-state index < -0.39 is 0 Å². The van der Waals surface area contributed by atoms with Crippen LogP contribution in [-0.2, 0) is 0 Å². The molecule has 6 aromatic carbocycles. The maximum atomic E-state index is 6.97. The Kier molecular flexibility index (Phi) is 5.15. The van der Waals surface area contributed by atoms with Gasteiger partial charge < -0.3 is 4.42 Å². The fraction of sp³-hybridized carbons (Fsp3) is 0. The summed E-state index contributed by atoms with van der Waals surface area (Å²) < 4.78 is 6.33. The Balaban J connectivity index is 1.50. The minimum atomic E-state index is 0.571. The first-order valence-electron chi connectivity index (χ1n) is 13.1. The molecule has 0 bridgehead atoms. The topological polar surface area (TPSA) is 51.8 Å². The molecule has 5 heteroatoms. The Morgan fingerprint density at radius 3 is 1.95 bits per heavy atom. The van der Waals surface area contributed by atoms with Gasteiger partial charge in [-0.25, -0.2) is 15.0 Å². The van der Waals surface area contributed by atoms with Crippen molar-refractivity contribution in [1.29, 1.82) is 0 Å². The molecule has 0 radical (unpaired) electrons. The SMILES string of the molecule is Clc1c2ccccc2c(-c2nc(-c3ccccc3)nc(-c3ccc4ccccc4c3)n2)c2c1oc1ccccc12. The first kappa shape index (κ1) is 22.9. The molecule has 0 N–H and O–H groups in total. The number of rotatable bonds is 3. The highest BCUT2D eigenvalue weighted by atomic mass is 35.5. The van der Waals surface area contributed by atoms with Crippen molar-refractivity contribution >= 4 is 55.1 Å². The van der Waals surface area contributed by atoms with Gasteiger partial charge in [0.15, 0.2) is 23.1 Å². The van der Waals surface area contributed by atoms with Crippen molar-refractivity contribution in [3.05, 3.63) is 126 Å². The van der Waals surface area contributed by atoms with Crippen LogP contribution in [0.15, 0.2) is 126 Å². The zero-order chi connectivity index (χ0) is 26.6. The average Bonchev–Trinajstić information content (AvgIpc) is 3.41. The summed E-state index contributed by atoms with van der Waals surface area (Å²) in [5.74, 6) is 1.78. The lowest BCUT2D eigenvalue weighted by Gasteiger charge is -2.13. The Hall–Kier alpha value is -5.06. The number of furan rings is 1. The third kappa shape index (κ3) is 3.58. The third-order valence-electron chi connectivity index (χ3n) is 7.38. The zero-order valence-electron chi connectivity index (χ0n) is 21.2. The monoisotopic (exact) mass is 533 g/mol. The predicted octanol–water partition coefficient (Wildman–Crippen LogP) is 9.73. The molecule has 0 atom stereocenters. The molecule has 0 saturated carbocycles. The molecule has 0 aliphatic carbocycles.